The smallest absolute Gasteiger partial charge is 0.418 e. The van der Waals surface area contributed by atoms with Crippen LogP contribution < -0.4 is 5.32 Å². The fourth-order valence-corrected chi connectivity index (χ4v) is 1.41. The van der Waals surface area contributed by atoms with Crippen molar-refractivity contribution in [3.05, 3.63) is 46.0 Å². The van der Waals surface area contributed by atoms with Crippen LogP contribution in [0.2, 0.25) is 0 Å². The van der Waals surface area contributed by atoms with Gasteiger partial charge in [0.05, 0.1) is 10.5 Å². The van der Waals surface area contributed by atoms with Gasteiger partial charge in [0.15, 0.2) is 0 Å². The van der Waals surface area contributed by atoms with Gasteiger partial charge in [-0.25, -0.2) is 4.79 Å². The zero-order valence-corrected chi connectivity index (χ0v) is 8.91. The summed E-state index contributed by atoms with van der Waals surface area (Å²) in [4.78, 5) is 32.1. The van der Waals surface area contributed by atoms with Crippen molar-refractivity contribution in [3.63, 3.8) is 0 Å². The van der Waals surface area contributed by atoms with Crippen LogP contribution in [0.4, 0.5) is 0 Å². The highest BCUT2D eigenvalue weighted by Crippen LogP contribution is 2.22. The van der Waals surface area contributed by atoms with Crippen molar-refractivity contribution in [1.82, 2.24) is 5.32 Å². The van der Waals surface area contributed by atoms with Crippen LogP contribution in [-0.4, -0.2) is 21.9 Å². The van der Waals surface area contributed by atoms with Gasteiger partial charge in [-0.15, -0.1) is 0 Å². The maximum absolute atomic E-state index is 11.1. The topological polar surface area (TPSA) is 110 Å². The van der Waals surface area contributed by atoms with Crippen LogP contribution in [-0.2, 0) is 15.3 Å². The lowest BCUT2D eigenvalue weighted by atomic mass is 10.00. The number of nitrogens with one attached hydrogen (secondary N) is 1. The first-order valence-electron chi connectivity index (χ1n) is 4.63. The highest BCUT2D eigenvalue weighted by atomic mass is 16.6. The fourth-order valence-electron chi connectivity index (χ4n) is 1.41. The molecule has 0 bridgehead atoms. The minimum absolute atomic E-state index is 0.118. The normalized spacial score (nSPS) is 13.5. The molecule has 0 radical (unpaired) electrons. The van der Waals surface area contributed by atoms with E-state index < -0.39 is 22.5 Å². The number of hydrogen-bond donors (Lipinski definition) is 2. The quantitative estimate of drug-likeness (QED) is 0.446. The fraction of sp³-hybridized carbons (Fsp3) is 0.200. The molecule has 90 valence electrons. The summed E-state index contributed by atoms with van der Waals surface area (Å²) < 4.78 is 0. The Kier molecular flexibility index (Phi) is 3.42. The van der Waals surface area contributed by atoms with E-state index in [9.17, 15) is 19.7 Å². The van der Waals surface area contributed by atoms with Crippen LogP contribution in [0, 0.1) is 10.1 Å². The Morgan fingerprint density at radius 3 is 2.24 bits per heavy atom. The maximum Gasteiger partial charge on any atom is 0.418 e. The third kappa shape index (κ3) is 2.22. The molecule has 0 heterocycles. The van der Waals surface area contributed by atoms with Gasteiger partial charge < -0.3 is 5.11 Å². The van der Waals surface area contributed by atoms with Gasteiger partial charge in [-0.3, -0.25) is 20.2 Å². The summed E-state index contributed by atoms with van der Waals surface area (Å²) in [6.45, 7) is 1.02. The van der Waals surface area contributed by atoms with Crippen LogP contribution >= 0.6 is 0 Å². The van der Waals surface area contributed by atoms with Crippen molar-refractivity contribution in [3.8, 4) is 0 Å². The monoisotopic (exact) mass is 238 g/mol. The standard InChI is InChI=1S/C10H10N2O5/c1-7(13)11-10(9(14)15,12(16)17)8-5-3-2-4-6-8/h2-6H,1H3,(H,11,13)(H,14,15). The highest BCUT2D eigenvalue weighted by Gasteiger charge is 2.54. The van der Waals surface area contributed by atoms with Gasteiger partial charge in [-0.05, 0) is 12.1 Å². The van der Waals surface area contributed by atoms with Crippen molar-refractivity contribution < 1.29 is 19.6 Å². The second kappa shape index (κ2) is 4.60. The van der Waals surface area contributed by atoms with Crippen molar-refractivity contribution in [1.29, 1.82) is 0 Å². The lowest BCUT2D eigenvalue weighted by molar-refractivity contribution is -0.569. The molecule has 1 atom stereocenters. The van der Waals surface area contributed by atoms with Crippen LogP contribution in [0.25, 0.3) is 0 Å². The van der Waals surface area contributed by atoms with E-state index >= 15 is 0 Å². The van der Waals surface area contributed by atoms with Crippen LogP contribution in [0.15, 0.2) is 30.3 Å². The first-order valence-corrected chi connectivity index (χ1v) is 4.63. The number of carboxylic acid groups (broad SMARTS) is 1. The molecule has 7 nitrogen and oxygen atoms in total. The van der Waals surface area contributed by atoms with E-state index in [1.54, 1.807) is 6.07 Å². The van der Waals surface area contributed by atoms with Crippen LogP contribution in [0.1, 0.15) is 12.5 Å². The average molecular weight is 238 g/mol. The molecular weight excluding hydrogens is 228 g/mol. The van der Waals surface area contributed by atoms with Gasteiger partial charge in [-0.1, -0.05) is 18.2 Å². The molecule has 2 N–H and O–H groups in total. The second-order valence-electron chi connectivity index (χ2n) is 3.32. The van der Waals surface area contributed by atoms with Crippen LogP contribution in [0.3, 0.4) is 0 Å². The van der Waals surface area contributed by atoms with E-state index in [0.717, 1.165) is 6.92 Å². The average Bonchev–Trinajstić information content (AvgIpc) is 2.25. The predicted molar refractivity (Wildman–Crippen MR) is 56.6 cm³/mol. The molecule has 1 amide bonds. The van der Waals surface area contributed by atoms with E-state index in [0.29, 0.717) is 0 Å². The number of carbonyl (C=O) groups is 2. The second-order valence-corrected chi connectivity index (χ2v) is 3.32. The van der Waals surface area contributed by atoms with Gasteiger partial charge in [0, 0.05) is 6.92 Å². The number of carbonyl (C=O) groups excluding carboxylic acids is 1. The third-order valence-corrected chi connectivity index (χ3v) is 2.13. The number of rotatable bonds is 4. The van der Waals surface area contributed by atoms with E-state index in [4.69, 9.17) is 5.11 Å². The summed E-state index contributed by atoms with van der Waals surface area (Å²) in [5.74, 6) is -2.54. The largest absolute Gasteiger partial charge is 0.474 e. The van der Waals surface area contributed by atoms with Crippen molar-refractivity contribution in [2.24, 2.45) is 0 Å². The Labute approximate surface area is 96.2 Å². The number of benzene rings is 1. The lowest BCUT2D eigenvalue weighted by Crippen LogP contribution is -2.56. The maximum atomic E-state index is 11.1. The van der Waals surface area contributed by atoms with Crippen LogP contribution in [0.5, 0.6) is 0 Å². The third-order valence-electron chi connectivity index (χ3n) is 2.13. The summed E-state index contributed by atoms with van der Waals surface area (Å²) >= 11 is 0. The van der Waals surface area contributed by atoms with E-state index in [2.05, 4.69) is 0 Å². The van der Waals surface area contributed by atoms with Gasteiger partial charge >= 0.3 is 11.6 Å². The number of amides is 1. The summed E-state index contributed by atoms with van der Waals surface area (Å²) in [6, 6.07) is 7.04. The molecule has 0 saturated heterocycles. The molecule has 7 heteroatoms. The van der Waals surface area contributed by atoms with Crippen molar-refractivity contribution >= 4 is 11.9 Å². The highest BCUT2D eigenvalue weighted by molar-refractivity contribution is 5.85. The van der Waals surface area contributed by atoms with E-state index in [-0.39, 0.29) is 5.56 Å². The van der Waals surface area contributed by atoms with Crippen molar-refractivity contribution in [2.75, 3.05) is 0 Å². The van der Waals surface area contributed by atoms with E-state index in [1.165, 1.54) is 24.3 Å². The summed E-state index contributed by atoms with van der Waals surface area (Å²) in [7, 11) is 0. The summed E-state index contributed by atoms with van der Waals surface area (Å²) in [5, 5.41) is 21.9. The predicted octanol–water partition coefficient (Wildman–Crippen LogP) is 0.337. The SMILES string of the molecule is CC(=O)NC(C(=O)O)(c1ccccc1)[N+](=O)[O-]. The molecule has 0 saturated carbocycles. The number of nitrogens with zero attached hydrogens (tertiary/aromatic N) is 1. The molecule has 0 aliphatic heterocycles. The molecular formula is C10H10N2O5. The zero-order chi connectivity index (χ0) is 13.1. The first-order chi connectivity index (χ1) is 7.91. The minimum atomic E-state index is -2.65. The molecule has 1 aromatic carbocycles. The Morgan fingerprint density at radius 1 is 1.35 bits per heavy atom. The molecule has 1 aromatic rings. The molecule has 1 unspecified atom stereocenters. The number of aliphatic carboxylic acids is 1. The summed E-state index contributed by atoms with van der Waals surface area (Å²) in [5.41, 5.74) is -2.76. The van der Waals surface area contributed by atoms with Gasteiger partial charge in [0.1, 0.15) is 0 Å². The molecule has 0 aromatic heterocycles. The molecule has 0 fully saturated rings. The van der Waals surface area contributed by atoms with Gasteiger partial charge in [-0.2, -0.15) is 0 Å². The van der Waals surface area contributed by atoms with E-state index in [1.807, 2.05) is 5.32 Å². The Bertz CT molecular complexity index is 443. The number of hydrogen-bond acceptors (Lipinski definition) is 4. The lowest BCUT2D eigenvalue weighted by Gasteiger charge is -2.21. The molecule has 1 rings (SSSR count). The Morgan fingerprint density at radius 2 is 1.88 bits per heavy atom. The molecule has 0 aliphatic carbocycles. The molecule has 0 aliphatic rings. The van der Waals surface area contributed by atoms with Gasteiger partial charge in [0.25, 0.3) is 0 Å². The summed E-state index contributed by atoms with van der Waals surface area (Å²) in [6.07, 6.45) is 0. The number of carboxylic acids is 1. The Balaban J connectivity index is 3.40. The minimum Gasteiger partial charge on any atom is -0.474 e. The first kappa shape index (κ1) is 12.6. The van der Waals surface area contributed by atoms with Crippen molar-refractivity contribution in [2.45, 2.75) is 12.6 Å². The molecule has 0 spiro atoms. The Hall–Kier alpha value is -2.44. The molecule has 17 heavy (non-hydrogen) atoms. The number of nitro groups is 1. The zero-order valence-electron chi connectivity index (χ0n) is 8.91. The van der Waals surface area contributed by atoms with Gasteiger partial charge in [0.2, 0.25) is 5.91 Å².